The van der Waals surface area contributed by atoms with Crippen molar-refractivity contribution in [2.24, 2.45) is 11.8 Å². The van der Waals surface area contributed by atoms with Crippen LogP contribution in [0.3, 0.4) is 0 Å². The first-order valence-electron chi connectivity index (χ1n) is 18.5. The smallest absolute Gasteiger partial charge is 0.416 e. The highest BCUT2D eigenvalue weighted by molar-refractivity contribution is 6.08. The fourth-order valence-electron chi connectivity index (χ4n) is 10.6. The Bertz CT molecular complexity index is 2220. The zero-order chi connectivity index (χ0) is 34.5. The van der Waals surface area contributed by atoms with Crippen LogP contribution in [0.2, 0.25) is 0 Å². The van der Waals surface area contributed by atoms with Crippen molar-refractivity contribution in [3.8, 4) is 22.6 Å². The van der Waals surface area contributed by atoms with Crippen molar-refractivity contribution in [3.05, 3.63) is 130 Å². The molecule has 4 atom stereocenters. The number of alkyl halides is 3. The minimum Gasteiger partial charge on any atom is -0.497 e. The predicted molar refractivity (Wildman–Crippen MR) is 197 cm³/mol. The molecule has 1 saturated heterocycles. The van der Waals surface area contributed by atoms with Crippen LogP contribution in [0, 0.1) is 11.8 Å². The van der Waals surface area contributed by atoms with Gasteiger partial charge >= 0.3 is 6.18 Å². The summed E-state index contributed by atoms with van der Waals surface area (Å²) in [5.41, 5.74) is 6.30. The van der Waals surface area contributed by atoms with Crippen LogP contribution in [0.25, 0.3) is 28.0 Å². The van der Waals surface area contributed by atoms with Crippen molar-refractivity contribution in [1.82, 2.24) is 0 Å². The summed E-state index contributed by atoms with van der Waals surface area (Å²) in [5.74, 6) is 2.37. The van der Waals surface area contributed by atoms with Gasteiger partial charge in [-0.2, -0.15) is 13.2 Å². The van der Waals surface area contributed by atoms with Crippen molar-refractivity contribution >= 4 is 22.5 Å². The Labute approximate surface area is 296 Å². The highest BCUT2D eigenvalue weighted by Gasteiger charge is 2.59. The van der Waals surface area contributed by atoms with Crippen LogP contribution in [0.15, 0.2) is 97.1 Å². The molecule has 0 amide bonds. The monoisotopic (exact) mass is 683 g/mol. The van der Waals surface area contributed by atoms with Crippen LogP contribution in [-0.2, 0) is 17.2 Å². The third-order valence-electron chi connectivity index (χ3n) is 12.9. The number of fused-ring (bicyclic) bond motifs is 13. The molecule has 5 aromatic carbocycles. The van der Waals surface area contributed by atoms with Gasteiger partial charge in [0.2, 0.25) is 0 Å². The van der Waals surface area contributed by atoms with E-state index >= 15 is 0 Å². The molecule has 0 N–H and O–H groups in total. The molecule has 2 bridgehead atoms. The Kier molecular flexibility index (Phi) is 6.79. The number of hydrogen-bond acceptors (Lipinski definition) is 3. The predicted octanol–water partition coefficient (Wildman–Crippen LogP) is 11.3. The summed E-state index contributed by atoms with van der Waals surface area (Å²) in [6.07, 6.45) is 7.82. The van der Waals surface area contributed by atoms with Crippen LogP contribution in [0.4, 0.5) is 18.9 Å². The van der Waals surface area contributed by atoms with E-state index in [4.69, 9.17) is 9.47 Å². The number of anilines is 1. The Hall–Kier alpha value is -4.71. The first kappa shape index (κ1) is 31.1. The number of ether oxygens (including phenoxy) is 2. The Morgan fingerprint density at radius 1 is 0.824 bits per heavy atom. The lowest BCUT2D eigenvalue weighted by Gasteiger charge is -2.41. The molecule has 258 valence electrons. The number of benzene rings is 5. The van der Waals surface area contributed by atoms with E-state index in [-0.39, 0.29) is 0 Å². The van der Waals surface area contributed by atoms with Crippen molar-refractivity contribution in [3.63, 3.8) is 0 Å². The third kappa shape index (κ3) is 4.44. The highest BCUT2D eigenvalue weighted by atomic mass is 19.4. The summed E-state index contributed by atoms with van der Waals surface area (Å²) in [4.78, 5) is 2.47. The third-order valence-corrected chi connectivity index (χ3v) is 12.9. The molecule has 5 aromatic rings. The van der Waals surface area contributed by atoms with Gasteiger partial charge in [-0.3, -0.25) is 0 Å². The molecule has 4 unspecified atom stereocenters. The molecular weight excluding hydrogens is 643 g/mol. The summed E-state index contributed by atoms with van der Waals surface area (Å²) >= 11 is 0. The SMILES string of the molecule is COc1ccc(C2(c3ccc(N4CCCCC4)cc3)C=Cc3c4c(c5ccccc5c3O2)-c2ccc(C(F)(F)F)cc2C42CC3CCC2C3)cc1. The second-order valence-electron chi connectivity index (χ2n) is 15.3. The lowest BCUT2D eigenvalue weighted by molar-refractivity contribution is -0.137. The lowest BCUT2D eigenvalue weighted by Crippen LogP contribution is -2.37. The maximum Gasteiger partial charge on any atom is 0.416 e. The Balaban J connectivity index is 1.21. The standard InChI is InChI=1S/C45H40F3NO2/c1-50-34-18-13-30(14-19-34)44(29-11-16-33(17-12-29)49-23-5-2-6-24-49)22-21-38-41-40(35-7-3-4-8-36(35)42(38)51-44)37-20-15-32(45(46,47)48)26-39(37)43(41)27-28-9-10-31(43)25-28/h3-4,7-8,11-22,26,28,31H,2,5-6,9-10,23-25,27H2,1H3. The van der Waals surface area contributed by atoms with E-state index in [9.17, 15) is 13.2 Å². The first-order chi connectivity index (χ1) is 24.8. The van der Waals surface area contributed by atoms with Gasteiger partial charge in [0.25, 0.3) is 0 Å². The minimum atomic E-state index is -4.41. The van der Waals surface area contributed by atoms with Gasteiger partial charge in [0.15, 0.2) is 5.60 Å². The van der Waals surface area contributed by atoms with Gasteiger partial charge in [-0.1, -0.05) is 67.1 Å². The molecule has 3 nitrogen and oxygen atoms in total. The van der Waals surface area contributed by atoms with Gasteiger partial charge in [0.1, 0.15) is 11.5 Å². The summed E-state index contributed by atoms with van der Waals surface area (Å²) in [6, 6.07) is 29.8. The minimum absolute atomic E-state index is 0.292. The molecule has 6 heteroatoms. The highest BCUT2D eigenvalue weighted by Crippen LogP contribution is 2.69. The number of piperidine rings is 1. The zero-order valence-electron chi connectivity index (χ0n) is 28.7. The van der Waals surface area contributed by atoms with Crippen LogP contribution in [0.1, 0.15) is 78.3 Å². The molecule has 3 aliphatic carbocycles. The van der Waals surface area contributed by atoms with E-state index in [1.807, 2.05) is 24.3 Å². The van der Waals surface area contributed by atoms with Crippen molar-refractivity contribution in [1.29, 1.82) is 0 Å². The van der Waals surface area contributed by atoms with Gasteiger partial charge in [-0.25, -0.2) is 0 Å². The Morgan fingerprint density at radius 3 is 2.22 bits per heavy atom. The van der Waals surface area contributed by atoms with E-state index in [0.717, 1.165) is 100.0 Å². The van der Waals surface area contributed by atoms with Crippen LogP contribution in [0.5, 0.6) is 11.5 Å². The van der Waals surface area contributed by atoms with Gasteiger partial charge in [0, 0.05) is 46.3 Å². The molecule has 5 aliphatic rings. The number of rotatable bonds is 4. The summed E-state index contributed by atoms with van der Waals surface area (Å²) in [7, 11) is 1.67. The number of methoxy groups -OCH3 is 1. The van der Waals surface area contributed by atoms with Crippen molar-refractivity contribution in [2.45, 2.75) is 62.1 Å². The summed E-state index contributed by atoms with van der Waals surface area (Å²) < 4.78 is 56.0. The van der Waals surface area contributed by atoms with E-state index < -0.39 is 22.8 Å². The molecule has 0 radical (unpaired) electrons. The van der Waals surface area contributed by atoms with Gasteiger partial charge in [-0.05, 0) is 120 Å². The number of nitrogens with zero attached hydrogens (tertiary/aromatic N) is 1. The number of halogens is 3. The Morgan fingerprint density at radius 2 is 1.55 bits per heavy atom. The summed E-state index contributed by atoms with van der Waals surface area (Å²) in [6.45, 7) is 2.14. The molecule has 2 saturated carbocycles. The average molecular weight is 684 g/mol. The molecule has 3 fully saturated rings. The summed E-state index contributed by atoms with van der Waals surface area (Å²) in [5, 5.41) is 2.01. The van der Waals surface area contributed by atoms with Crippen LogP contribution >= 0.6 is 0 Å². The fourth-order valence-corrected chi connectivity index (χ4v) is 10.6. The van der Waals surface area contributed by atoms with Crippen LogP contribution in [-0.4, -0.2) is 20.2 Å². The van der Waals surface area contributed by atoms with E-state index in [1.165, 1.54) is 37.1 Å². The second-order valence-corrected chi connectivity index (χ2v) is 15.3. The normalized spacial score (nSPS) is 25.9. The molecule has 2 heterocycles. The van der Waals surface area contributed by atoms with Gasteiger partial charge in [-0.15, -0.1) is 0 Å². The van der Waals surface area contributed by atoms with E-state index in [1.54, 1.807) is 13.2 Å². The molecule has 10 rings (SSSR count). The maximum atomic E-state index is 14.3. The second kappa shape index (κ2) is 11.1. The topological polar surface area (TPSA) is 21.7 Å². The maximum absolute atomic E-state index is 14.3. The molecular formula is C45H40F3NO2. The number of hydrogen-bond donors (Lipinski definition) is 0. The van der Waals surface area contributed by atoms with Gasteiger partial charge in [0.05, 0.1) is 12.7 Å². The van der Waals surface area contributed by atoms with Crippen molar-refractivity contribution in [2.75, 3.05) is 25.1 Å². The molecule has 0 aromatic heterocycles. The van der Waals surface area contributed by atoms with Gasteiger partial charge < -0.3 is 14.4 Å². The first-order valence-corrected chi connectivity index (χ1v) is 18.5. The zero-order valence-corrected chi connectivity index (χ0v) is 28.7. The lowest BCUT2D eigenvalue weighted by atomic mass is 9.65. The molecule has 2 aliphatic heterocycles. The van der Waals surface area contributed by atoms with E-state index in [0.29, 0.717) is 11.8 Å². The largest absolute Gasteiger partial charge is 0.497 e. The quantitative estimate of drug-likeness (QED) is 0.188. The fraction of sp³-hybridized carbons (Fsp3) is 0.333. The average Bonchev–Trinajstić information content (AvgIpc) is 3.87. The van der Waals surface area contributed by atoms with Crippen molar-refractivity contribution < 1.29 is 22.6 Å². The van der Waals surface area contributed by atoms with E-state index in [2.05, 4.69) is 65.6 Å². The molecule has 1 spiro atoms. The molecule has 51 heavy (non-hydrogen) atoms. The van der Waals surface area contributed by atoms with Crippen LogP contribution < -0.4 is 14.4 Å².